The molecule has 0 aliphatic carbocycles. The number of carbonyl (C=O) groups excluding carboxylic acids is 7. The van der Waals surface area contributed by atoms with Gasteiger partial charge in [-0.1, -0.05) is 45.7 Å². The Bertz CT molecular complexity index is 1830. The fourth-order valence-corrected chi connectivity index (χ4v) is 7.95. The molecule has 2 aliphatic heterocycles. The highest BCUT2D eigenvalue weighted by molar-refractivity contribution is 5.97. The van der Waals surface area contributed by atoms with Crippen LogP contribution in [0.25, 0.3) is 11.1 Å². The van der Waals surface area contributed by atoms with Crippen molar-refractivity contribution in [2.24, 2.45) is 29.2 Å². The standard InChI is InChI=1S/C43H59N5O9/c1-5-6-11-30(49)23-29(10-7-8-17-44)43(57)47(4)39-28-14-16-36(51)32(24-28)31-21-27(13-15-35(31)50)22-33(46-41(55)25(2)19-38(39)53)37(52)20-26(3)42(56)48-18-9-12-34(48)40(45)54/h13-16,21,24-26,29,33-34,39,50-51H,5-12,17-20,22-23,44H2,1-4H3,(H2,45,54)(H,46,55)/t25-,26-,29-,33+,34+,39+/m1/s1. The van der Waals surface area contributed by atoms with Gasteiger partial charge in [-0.25, -0.2) is 0 Å². The van der Waals surface area contributed by atoms with Crippen molar-refractivity contribution in [3.05, 3.63) is 47.5 Å². The van der Waals surface area contributed by atoms with Gasteiger partial charge in [-0.05, 0) is 80.5 Å². The van der Waals surface area contributed by atoms with Crippen LogP contribution in [-0.4, -0.2) is 93.2 Å². The topological polar surface area (TPSA) is 230 Å². The van der Waals surface area contributed by atoms with Crippen LogP contribution >= 0.6 is 0 Å². The number of hydrogen-bond donors (Lipinski definition) is 5. The number of phenolic OH excluding ortho intramolecular Hbond substituents is 2. The molecule has 0 saturated carbocycles. The van der Waals surface area contributed by atoms with Crippen LogP contribution in [0.15, 0.2) is 36.4 Å². The number of amides is 4. The molecule has 0 unspecified atom stereocenters. The molecule has 2 aromatic carbocycles. The number of ketones is 3. The molecule has 1 fully saturated rings. The molecule has 7 N–H and O–H groups in total. The fourth-order valence-electron chi connectivity index (χ4n) is 7.95. The van der Waals surface area contributed by atoms with E-state index in [1.54, 1.807) is 26.0 Å². The van der Waals surface area contributed by atoms with Gasteiger partial charge in [-0.15, -0.1) is 0 Å². The minimum absolute atomic E-state index is 0.0122. The summed E-state index contributed by atoms with van der Waals surface area (Å²) in [7, 11) is 1.49. The molecule has 310 valence electrons. The van der Waals surface area contributed by atoms with Gasteiger partial charge in [0.2, 0.25) is 23.6 Å². The molecule has 1 saturated heterocycles. The number of unbranched alkanes of at least 4 members (excludes halogenated alkanes) is 2. The van der Waals surface area contributed by atoms with Gasteiger partial charge in [0.05, 0.1) is 6.04 Å². The van der Waals surface area contributed by atoms with Crippen LogP contribution in [0.4, 0.5) is 0 Å². The molecular weight excluding hydrogens is 730 g/mol. The van der Waals surface area contributed by atoms with Crippen LogP contribution in [0.3, 0.4) is 0 Å². The average Bonchev–Trinajstić information content (AvgIpc) is 3.67. The van der Waals surface area contributed by atoms with Crippen molar-refractivity contribution < 1.29 is 43.8 Å². The zero-order chi connectivity index (χ0) is 42.0. The number of nitrogens with two attached hydrogens (primary N) is 2. The average molecular weight is 790 g/mol. The number of likely N-dealkylation sites (tertiary alicyclic amines) is 1. The molecular formula is C43H59N5O9. The van der Waals surface area contributed by atoms with Gasteiger partial charge in [-0.2, -0.15) is 0 Å². The maximum Gasteiger partial charge on any atom is 0.240 e. The summed E-state index contributed by atoms with van der Waals surface area (Å²) in [6, 6.07) is 5.86. The smallest absolute Gasteiger partial charge is 0.240 e. The highest BCUT2D eigenvalue weighted by atomic mass is 16.3. The van der Waals surface area contributed by atoms with Gasteiger partial charge in [0.1, 0.15) is 29.4 Å². The van der Waals surface area contributed by atoms with E-state index in [1.807, 2.05) is 6.92 Å². The van der Waals surface area contributed by atoms with E-state index in [9.17, 15) is 43.8 Å². The predicted molar refractivity (Wildman–Crippen MR) is 213 cm³/mol. The maximum absolute atomic E-state index is 14.4. The molecule has 6 atom stereocenters. The van der Waals surface area contributed by atoms with Gasteiger partial charge < -0.3 is 36.8 Å². The number of Topliss-reactive ketones (excluding diaryl/α,β-unsaturated/α-hetero) is 3. The second kappa shape index (κ2) is 20.4. The zero-order valence-electron chi connectivity index (χ0n) is 33.6. The van der Waals surface area contributed by atoms with Gasteiger partial charge in [0.15, 0.2) is 11.6 Å². The number of likely N-dealkylation sites (N-methyl/N-ethyl adjacent to an activating group) is 1. The molecule has 2 heterocycles. The summed E-state index contributed by atoms with van der Waals surface area (Å²) in [5, 5.41) is 25.0. The van der Waals surface area contributed by atoms with Crippen molar-refractivity contribution in [3.8, 4) is 22.6 Å². The van der Waals surface area contributed by atoms with Crippen LogP contribution in [0.5, 0.6) is 11.5 Å². The second-order valence-corrected chi connectivity index (χ2v) is 15.8. The summed E-state index contributed by atoms with van der Waals surface area (Å²) in [6.07, 6.45) is 3.97. The number of primary amides is 1. The maximum atomic E-state index is 14.4. The number of carbonyl (C=O) groups is 7. The monoisotopic (exact) mass is 789 g/mol. The first-order chi connectivity index (χ1) is 27.1. The molecule has 4 rings (SSSR count). The van der Waals surface area contributed by atoms with Crippen LogP contribution in [-0.2, 0) is 40.0 Å². The molecule has 57 heavy (non-hydrogen) atoms. The Morgan fingerprint density at radius 3 is 2.32 bits per heavy atom. The first kappa shape index (κ1) is 44.6. The van der Waals surface area contributed by atoms with Crippen molar-refractivity contribution in [3.63, 3.8) is 0 Å². The minimum atomic E-state index is -1.23. The van der Waals surface area contributed by atoms with Crippen molar-refractivity contribution in [2.45, 2.75) is 116 Å². The molecule has 0 spiro atoms. The highest BCUT2D eigenvalue weighted by Crippen LogP contribution is 2.39. The SMILES string of the molecule is CCCCC(=O)C[C@@H](CCCCN)C(=O)N(C)[C@@H]1C(=O)C[C@@H](C)C(=O)N[C@H](C(=O)C[C@@H](C)C(=O)N2CCC[C@H]2C(N)=O)Cc2ccc(O)c(c2)-c2cc1ccc2O. The third-order valence-corrected chi connectivity index (χ3v) is 11.3. The van der Waals surface area contributed by atoms with Crippen molar-refractivity contribution in [1.29, 1.82) is 0 Å². The fraction of sp³-hybridized carbons (Fsp3) is 0.558. The second-order valence-electron chi connectivity index (χ2n) is 15.8. The van der Waals surface area contributed by atoms with E-state index in [-0.39, 0.29) is 54.1 Å². The van der Waals surface area contributed by atoms with Gasteiger partial charge in [0, 0.05) is 68.2 Å². The summed E-state index contributed by atoms with van der Waals surface area (Å²) < 4.78 is 0. The number of phenols is 2. The summed E-state index contributed by atoms with van der Waals surface area (Å²) in [5.74, 6) is -5.92. The van der Waals surface area contributed by atoms with Crippen molar-refractivity contribution in [1.82, 2.24) is 15.1 Å². The molecule has 14 nitrogen and oxygen atoms in total. The van der Waals surface area contributed by atoms with E-state index in [2.05, 4.69) is 5.32 Å². The van der Waals surface area contributed by atoms with E-state index in [0.29, 0.717) is 69.2 Å². The largest absolute Gasteiger partial charge is 0.507 e. The molecule has 4 amide bonds. The Balaban J connectivity index is 1.72. The lowest BCUT2D eigenvalue weighted by Gasteiger charge is -2.32. The Kier molecular flexibility index (Phi) is 15.9. The third kappa shape index (κ3) is 11.3. The molecule has 2 aromatic rings. The number of nitrogens with zero attached hydrogens (tertiary/aromatic N) is 2. The molecule has 14 heteroatoms. The number of rotatable bonds is 16. The van der Waals surface area contributed by atoms with Crippen LogP contribution < -0.4 is 16.8 Å². The van der Waals surface area contributed by atoms with Crippen LogP contribution in [0.2, 0.25) is 0 Å². The zero-order valence-corrected chi connectivity index (χ0v) is 33.6. The molecule has 4 bridgehead atoms. The van der Waals surface area contributed by atoms with E-state index < -0.39 is 71.1 Å². The number of benzene rings is 2. The Morgan fingerprint density at radius 1 is 0.965 bits per heavy atom. The predicted octanol–water partition coefficient (Wildman–Crippen LogP) is 3.87. The lowest BCUT2D eigenvalue weighted by molar-refractivity contribution is -0.144. The minimum Gasteiger partial charge on any atom is -0.507 e. The number of nitrogens with one attached hydrogen (secondary N) is 1. The van der Waals surface area contributed by atoms with E-state index >= 15 is 0 Å². The molecule has 0 radical (unpaired) electrons. The van der Waals surface area contributed by atoms with Crippen LogP contribution in [0, 0.1) is 17.8 Å². The van der Waals surface area contributed by atoms with E-state index in [4.69, 9.17) is 11.5 Å². The summed E-state index contributed by atoms with van der Waals surface area (Å²) in [4.78, 5) is 97.5. The van der Waals surface area contributed by atoms with E-state index in [1.165, 1.54) is 41.1 Å². The van der Waals surface area contributed by atoms with Crippen molar-refractivity contribution in [2.75, 3.05) is 20.1 Å². The normalized spacial score (nSPS) is 20.9. The first-order valence-electron chi connectivity index (χ1n) is 20.2. The Labute approximate surface area is 334 Å². The summed E-state index contributed by atoms with van der Waals surface area (Å²) in [6.45, 7) is 5.87. The third-order valence-electron chi connectivity index (χ3n) is 11.3. The summed E-state index contributed by atoms with van der Waals surface area (Å²) >= 11 is 0. The summed E-state index contributed by atoms with van der Waals surface area (Å²) in [5.41, 5.74) is 12.5. The van der Waals surface area contributed by atoms with E-state index in [0.717, 1.165) is 6.42 Å². The lowest BCUT2D eigenvalue weighted by atomic mass is 9.87. The first-order valence-corrected chi connectivity index (χ1v) is 20.2. The Hall–Kier alpha value is -5.11. The van der Waals surface area contributed by atoms with Crippen molar-refractivity contribution >= 4 is 41.0 Å². The Morgan fingerprint density at radius 2 is 1.65 bits per heavy atom. The molecule has 0 aromatic heterocycles. The van der Waals surface area contributed by atoms with Gasteiger partial charge >= 0.3 is 0 Å². The highest BCUT2D eigenvalue weighted by Gasteiger charge is 2.38. The number of aromatic hydroxyl groups is 2. The molecule has 2 aliphatic rings. The van der Waals surface area contributed by atoms with Gasteiger partial charge in [-0.3, -0.25) is 33.6 Å². The number of hydrogen-bond acceptors (Lipinski definition) is 10. The van der Waals surface area contributed by atoms with Gasteiger partial charge in [0.25, 0.3) is 0 Å². The number of fused-ring (bicyclic) bond motifs is 5. The van der Waals surface area contributed by atoms with Crippen LogP contribution in [0.1, 0.15) is 109 Å². The quantitative estimate of drug-likeness (QED) is 0.154. The lowest BCUT2D eigenvalue weighted by Crippen LogP contribution is -2.48.